The van der Waals surface area contributed by atoms with Crippen LogP contribution in [0.3, 0.4) is 0 Å². The van der Waals surface area contributed by atoms with Crippen LogP contribution in [0, 0.1) is 20.8 Å². The molecular formula is C10H18N4OY-2. The Morgan fingerprint density at radius 1 is 1.44 bits per heavy atom. The molecule has 0 aliphatic carbocycles. The Kier molecular flexibility index (Phi) is 11.2. The first-order chi connectivity index (χ1) is 7.15. The standard InChI is InChI=1S/C8H14N4O.C2H5.Y/c1-6-7(2)12(11-10-6)5-4-8(13)9-3;1-2;/h4-5H2,1-3H3,(H,9,13);1H2,2H3;/q;-1;/p-1. The zero-order valence-electron chi connectivity index (χ0n) is 10.4. The van der Waals surface area contributed by atoms with Gasteiger partial charge in [-0.15, -0.1) is 12.1 Å². The third-order valence-corrected chi connectivity index (χ3v) is 2.00. The molecule has 6 heteroatoms. The van der Waals surface area contributed by atoms with Gasteiger partial charge in [0.15, 0.2) is 0 Å². The number of hydrogen-bond acceptors (Lipinski definition) is 3. The van der Waals surface area contributed by atoms with Crippen LogP contribution in [0.4, 0.5) is 0 Å². The van der Waals surface area contributed by atoms with E-state index >= 15 is 0 Å². The SMILES string of the molecule is C[N-]C(=O)CCn1nnc(C)c1C.[CH2-]C.[Y]. The summed E-state index contributed by atoms with van der Waals surface area (Å²) in [5.74, 6) is -0.104. The average molecular weight is 299 g/mol. The van der Waals surface area contributed by atoms with E-state index in [1.165, 1.54) is 7.05 Å². The number of carbonyl (C=O) groups is 1. The molecule has 0 N–H and O–H groups in total. The van der Waals surface area contributed by atoms with E-state index in [4.69, 9.17) is 0 Å². The van der Waals surface area contributed by atoms with E-state index in [0.29, 0.717) is 13.0 Å². The van der Waals surface area contributed by atoms with Crippen molar-refractivity contribution in [3.63, 3.8) is 0 Å². The molecule has 1 rings (SSSR count). The number of hydrogen-bond donors (Lipinski definition) is 0. The van der Waals surface area contributed by atoms with Gasteiger partial charge in [0.2, 0.25) is 0 Å². The summed E-state index contributed by atoms with van der Waals surface area (Å²) in [7, 11) is 1.50. The minimum Gasteiger partial charge on any atom is -0.656 e. The second-order valence-electron chi connectivity index (χ2n) is 2.85. The third-order valence-electron chi connectivity index (χ3n) is 2.00. The number of aryl methyl sites for hydroxylation is 2. The van der Waals surface area contributed by atoms with Crippen molar-refractivity contribution in [3.8, 4) is 0 Å². The molecule has 0 saturated carbocycles. The quantitative estimate of drug-likeness (QED) is 0.797. The van der Waals surface area contributed by atoms with Crippen LogP contribution < -0.4 is 0 Å². The summed E-state index contributed by atoms with van der Waals surface area (Å²) >= 11 is 0. The maximum absolute atomic E-state index is 10.9. The Bertz CT molecular complexity index is 312. The fourth-order valence-electron chi connectivity index (χ4n) is 0.973. The second kappa shape index (κ2) is 9.91. The van der Waals surface area contributed by atoms with E-state index in [1.807, 2.05) is 13.8 Å². The van der Waals surface area contributed by atoms with E-state index in [2.05, 4.69) is 22.6 Å². The molecule has 0 unspecified atom stereocenters. The van der Waals surface area contributed by atoms with Gasteiger partial charge in [0.25, 0.3) is 0 Å². The predicted molar refractivity (Wildman–Crippen MR) is 59.4 cm³/mol. The molecule has 1 aromatic heterocycles. The Balaban J connectivity index is 0. The Morgan fingerprint density at radius 2 is 2.00 bits per heavy atom. The molecular weight excluding hydrogens is 281 g/mol. The van der Waals surface area contributed by atoms with E-state index < -0.39 is 0 Å². The van der Waals surface area contributed by atoms with Crippen molar-refractivity contribution in [3.05, 3.63) is 23.6 Å². The van der Waals surface area contributed by atoms with Gasteiger partial charge in [-0.2, -0.15) is 6.92 Å². The minimum absolute atomic E-state index is 0. The van der Waals surface area contributed by atoms with Crippen molar-refractivity contribution in [2.75, 3.05) is 7.05 Å². The summed E-state index contributed by atoms with van der Waals surface area (Å²) in [6.45, 7) is 9.39. The van der Waals surface area contributed by atoms with Gasteiger partial charge in [0, 0.05) is 45.7 Å². The van der Waals surface area contributed by atoms with Crippen LogP contribution in [0.5, 0.6) is 0 Å². The monoisotopic (exact) mass is 299 g/mol. The molecule has 0 aromatic carbocycles. The zero-order chi connectivity index (χ0) is 11.8. The van der Waals surface area contributed by atoms with Crippen molar-refractivity contribution >= 4 is 5.91 Å². The Hall–Kier alpha value is -0.286. The van der Waals surface area contributed by atoms with Crippen LogP contribution in [-0.4, -0.2) is 27.9 Å². The van der Waals surface area contributed by atoms with Crippen molar-refractivity contribution in [2.45, 2.75) is 33.7 Å². The maximum atomic E-state index is 10.9. The third kappa shape index (κ3) is 5.70. The fraction of sp³-hybridized carbons (Fsp3) is 0.600. The molecule has 0 atom stereocenters. The minimum atomic E-state index is -0.104. The van der Waals surface area contributed by atoms with Crippen LogP contribution in [0.1, 0.15) is 24.7 Å². The van der Waals surface area contributed by atoms with E-state index in [0.717, 1.165) is 11.4 Å². The molecule has 0 spiro atoms. The molecule has 1 amide bonds. The Morgan fingerprint density at radius 3 is 2.38 bits per heavy atom. The van der Waals surface area contributed by atoms with Crippen molar-refractivity contribution in [1.29, 1.82) is 0 Å². The zero-order valence-corrected chi connectivity index (χ0v) is 13.2. The summed E-state index contributed by atoms with van der Waals surface area (Å²) in [6, 6.07) is 0. The molecule has 1 heterocycles. The van der Waals surface area contributed by atoms with Gasteiger partial charge in [-0.1, -0.05) is 5.21 Å². The van der Waals surface area contributed by atoms with Crippen molar-refractivity contribution < 1.29 is 37.5 Å². The molecule has 0 aliphatic heterocycles. The van der Waals surface area contributed by atoms with Gasteiger partial charge in [0.1, 0.15) is 0 Å². The van der Waals surface area contributed by atoms with Gasteiger partial charge in [-0.25, -0.2) is 4.68 Å². The summed E-state index contributed by atoms with van der Waals surface area (Å²) in [5.41, 5.74) is 1.91. The Labute approximate surface area is 122 Å². The molecule has 1 aromatic rings. The van der Waals surface area contributed by atoms with E-state index in [1.54, 1.807) is 11.6 Å². The maximum Gasteiger partial charge on any atom is 0.0825 e. The first-order valence-corrected chi connectivity index (χ1v) is 4.85. The van der Waals surface area contributed by atoms with Gasteiger partial charge < -0.3 is 17.0 Å². The molecule has 89 valence electrons. The number of carbonyl (C=O) groups excluding carboxylic acids is 1. The van der Waals surface area contributed by atoms with Gasteiger partial charge in [0.05, 0.1) is 17.3 Å². The predicted octanol–water partition coefficient (Wildman–Crippen LogP) is 1.65. The van der Waals surface area contributed by atoms with Gasteiger partial charge >= 0.3 is 0 Å². The fourth-order valence-corrected chi connectivity index (χ4v) is 0.973. The molecule has 1 radical (unpaired) electrons. The van der Waals surface area contributed by atoms with Crippen molar-refractivity contribution in [1.82, 2.24) is 15.0 Å². The van der Waals surface area contributed by atoms with Crippen molar-refractivity contribution in [2.24, 2.45) is 0 Å². The summed E-state index contributed by atoms with van der Waals surface area (Å²) in [5, 5.41) is 11.3. The summed E-state index contributed by atoms with van der Waals surface area (Å²) in [6.07, 6.45) is 0.389. The molecule has 0 saturated heterocycles. The van der Waals surface area contributed by atoms with Crippen LogP contribution in [0.15, 0.2) is 0 Å². The first kappa shape index (κ1) is 18.1. The summed E-state index contributed by atoms with van der Waals surface area (Å²) < 4.78 is 1.72. The second-order valence-corrected chi connectivity index (χ2v) is 2.85. The number of rotatable bonds is 3. The van der Waals surface area contributed by atoms with Gasteiger partial charge in [-0.05, 0) is 13.8 Å². The molecule has 0 aliphatic rings. The largest absolute Gasteiger partial charge is 0.656 e. The van der Waals surface area contributed by atoms with E-state index in [9.17, 15) is 4.79 Å². The normalized spacial score (nSPS) is 8.56. The van der Waals surface area contributed by atoms with Gasteiger partial charge in [-0.3, -0.25) is 0 Å². The number of amides is 1. The van der Waals surface area contributed by atoms with Crippen LogP contribution in [-0.2, 0) is 44.0 Å². The molecule has 16 heavy (non-hydrogen) atoms. The van der Waals surface area contributed by atoms with Crippen LogP contribution >= 0.6 is 0 Å². The first-order valence-electron chi connectivity index (χ1n) is 4.85. The van der Waals surface area contributed by atoms with Crippen LogP contribution in [0.2, 0.25) is 0 Å². The molecule has 0 fully saturated rings. The molecule has 5 nitrogen and oxygen atoms in total. The van der Waals surface area contributed by atoms with E-state index in [-0.39, 0.29) is 38.6 Å². The van der Waals surface area contributed by atoms with Crippen LogP contribution in [0.25, 0.3) is 5.32 Å². The molecule has 0 bridgehead atoms. The summed E-state index contributed by atoms with van der Waals surface area (Å²) in [4.78, 5) is 10.9. The number of aromatic nitrogens is 3. The topological polar surface area (TPSA) is 61.9 Å². The average Bonchev–Trinajstić information content (AvgIpc) is 2.59. The smallest absolute Gasteiger partial charge is 0.0825 e. The number of nitrogens with zero attached hydrogens (tertiary/aromatic N) is 4.